The van der Waals surface area contributed by atoms with E-state index in [4.69, 9.17) is 10.2 Å². The van der Waals surface area contributed by atoms with Crippen molar-refractivity contribution >= 4 is 18.5 Å². The van der Waals surface area contributed by atoms with Gasteiger partial charge in [-0.25, -0.2) is 4.79 Å². The third kappa shape index (κ3) is 2.92. The van der Waals surface area contributed by atoms with Gasteiger partial charge in [-0.2, -0.15) is 0 Å². The highest BCUT2D eigenvalue weighted by molar-refractivity contribution is 5.85. The van der Waals surface area contributed by atoms with E-state index in [0.29, 0.717) is 13.1 Å². The van der Waals surface area contributed by atoms with Crippen molar-refractivity contribution in [2.24, 2.45) is 0 Å². The highest BCUT2D eigenvalue weighted by Gasteiger charge is 2.19. The van der Waals surface area contributed by atoms with Crippen LogP contribution in [0.25, 0.3) is 0 Å². The van der Waals surface area contributed by atoms with E-state index in [-0.39, 0.29) is 19.0 Å². The van der Waals surface area contributed by atoms with Gasteiger partial charge in [0.05, 0.1) is 6.54 Å². The lowest BCUT2D eigenvalue weighted by Crippen LogP contribution is -2.52. The molecule has 0 saturated carbocycles. The topological polar surface area (TPSA) is 72.8 Å². The van der Waals surface area contributed by atoms with Gasteiger partial charge in [-0.3, -0.25) is 5.32 Å². The van der Waals surface area contributed by atoms with E-state index < -0.39 is 12.3 Å². The Morgan fingerprint density at radius 2 is 2.27 bits per heavy atom. The van der Waals surface area contributed by atoms with Crippen molar-refractivity contribution < 1.29 is 15.0 Å². The zero-order chi connectivity index (χ0) is 7.56. The lowest BCUT2D eigenvalue weighted by Gasteiger charge is -2.28. The fourth-order valence-electron chi connectivity index (χ4n) is 0.904. The molecule has 1 rings (SSSR count). The number of nitrogens with zero attached hydrogens (tertiary/aromatic N) is 1. The van der Waals surface area contributed by atoms with E-state index in [1.807, 2.05) is 0 Å². The number of β-amino-alcohol motifs (C(OH)–C–C–N with tert-alkyl or cyclic N) is 1. The van der Waals surface area contributed by atoms with E-state index in [9.17, 15) is 4.79 Å². The number of aliphatic hydroxyl groups is 1. The average Bonchev–Trinajstić information content (AvgIpc) is 1.88. The summed E-state index contributed by atoms with van der Waals surface area (Å²) in [5.74, 6) is 0. The highest BCUT2D eigenvalue weighted by atomic mass is 35.5. The summed E-state index contributed by atoms with van der Waals surface area (Å²) in [7, 11) is 0. The Balaban J connectivity index is 0.000001000. The zero-order valence-corrected chi connectivity index (χ0v) is 6.67. The van der Waals surface area contributed by atoms with Gasteiger partial charge in [-0.1, -0.05) is 0 Å². The number of amides is 1. The molecule has 11 heavy (non-hydrogen) atoms. The molecule has 1 heterocycles. The number of piperazine rings is 1. The molecule has 0 radical (unpaired) electrons. The van der Waals surface area contributed by atoms with Crippen molar-refractivity contribution in [2.75, 3.05) is 19.6 Å². The lowest BCUT2D eigenvalue weighted by atomic mass is 10.4. The van der Waals surface area contributed by atoms with Gasteiger partial charge in [-0.05, 0) is 0 Å². The van der Waals surface area contributed by atoms with Gasteiger partial charge in [0, 0.05) is 13.1 Å². The van der Waals surface area contributed by atoms with Crippen LogP contribution in [0, 0.1) is 0 Å². The first-order chi connectivity index (χ1) is 4.70. The van der Waals surface area contributed by atoms with Crippen molar-refractivity contribution in [3.63, 3.8) is 0 Å². The van der Waals surface area contributed by atoms with Crippen LogP contribution in [0.2, 0.25) is 0 Å². The molecule has 1 atom stereocenters. The second-order valence-corrected chi connectivity index (χ2v) is 2.20. The summed E-state index contributed by atoms with van der Waals surface area (Å²) < 4.78 is 0. The van der Waals surface area contributed by atoms with E-state index in [1.165, 1.54) is 4.90 Å². The summed E-state index contributed by atoms with van der Waals surface area (Å²) in [6, 6.07) is 0. The van der Waals surface area contributed by atoms with Crippen molar-refractivity contribution in [2.45, 2.75) is 6.23 Å². The molecular formula is C5H11ClN2O3. The van der Waals surface area contributed by atoms with Crippen LogP contribution in [0.1, 0.15) is 0 Å². The number of hydrogen-bond donors (Lipinski definition) is 3. The Bertz CT molecular complexity index is 144. The molecule has 0 bridgehead atoms. The maximum Gasteiger partial charge on any atom is 0.407 e. The fourth-order valence-corrected chi connectivity index (χ4v) is 0.904. The highest BCUT2D eigenvalue weighted by Crippen LogP contribution is 1.95. The molecule has 66 valence electrons. The molecule has 1 saturated heterocycles. The summed E-state index contributed by atoms with van der Waals surface area (Å²) in [4.78, 5) is 11.5. The van der Waals surface area contributed by atoms with Gasteiger partial charge in [-0.15, -0.1) is 12.4 Å². The SMILES string of the molecule is Cl.O=C(O)N1CCNC(O)C1. The average molecular weight is 183 g/mol. The van der Waals surface area contributed by atoms with Gasteiger partial charge < -0.3 is 15.1 Å². The largest absolute Gasteiger partial charge is 0.465 e. The first-order valence-electron chi connectivity index (χ1n) is 3.09. The monoisotopic (exact) mass is 182 g/mol. The Hall–Kier alpha value is -0.520. The number of nitrogens with one attached hydrogen (secondary N) is 1. The normalized spacial score (nSPS) is 24.1. The van der Waals surface area contributed by atoms with Crippen LogP contribution >= 0.6 is 12.4 Å². The molecule has 0 aromatic rings. The maximum absolute atomic E-state index is 10.3. The van der Waals surface area contributed by atoms with E-state index >= 15 is 0 Å². The summed E-state index contributed by atoms with van der Waals surface area (Å²) in [5, 5.41) is 20.1. The summed E-state index contributed by atoms with van der Waals surface area (Å²) in [5.41, 5.74) is 0. The van der Waals surface area contributed by atoms with Crippen molar-refractivity contribution in [3.8, 4) is 0 Å². The molecule has 0 aromatic heterocycles. The van der Waals surface area contributed by atoms with Crippen LogP contribution in [-0.2, 0) is 0 Å². The second kappa shape index (κ2) is 4.38. The summed E-state index contributed by atoms with van der Waals surface area (Å²) in [6.45, 7) is 1.13. The number of aliphatic hydroxyl groups excluding tert-OH is 1. The molecule has 6 heteroatoms. The van der Waals surface area contributed by atoms with Gasteiger partial charge in [0.25, 0.3) is 0 Å². The summed E-state index contributed by atoms with van der Waals surface area (Å²) in [6.07, 6.45) is -1.68. The van der Waals surface area contributed by atoms with Gasteiger partial charge >= 0.3 is 6.09 Å². The number of hydrogen-bond acceptors (Lipinski definition) is 3. The van der Waals surface area contributed by atoms with Gasteiger partial charge in [0.2, 0.25) is 0 Å². The molecule has 3 N–H and O–H groups in total. The molecule has 0 aliphatic carbocycles. The van der Waals surface area contributed by atoms with Crippen LogP contribution in [-0.4, -0.2) is 47.1 Å². The van der Waals surface area contributed by atoms with Gasteiger partial charge in [0.1, 0.15) is 6.23 Å². The van der Waals surface area contributed by atoms with Crippen molar-refractivity contribution in [1.82, 2.24) is 10.2 Å². The smallest absolute Gasteiger partial charge is 0.407 e. The minimum Gasteiger partial charge on any atom is -0.465 e. The number of halogens is 1. The minimum atomic E-state index is -0.972. The predicted molar refractivity (Wildman–Crippen MR) is 40.9 cm³/mol. The molecule has 1 unspecified atom stereocenters. The van der Waals surface area contributed by atoms with Crippen molar-refractivity contribution in [3.05, 3.63) is 0 Å². The minimum absolute atomic E-state index is 0. The lowest BCUT2D eigenvalue weighted by molar-refractivity contribution is 0.0531. The molecule has 1 aliphatic rings. The van der Waals surface area contributed by atoms with E-state index in [2.05, 4.69) is 5.32 Å². The number of rotatable bonds is 0. The van der Waals surface area contributed by atoms with Crippen LogP contribution < -0.4 is 5.32 Å². The molecule has 0 aromatic carbocycles. The van der Waals surface area contributed by atoms with Crippen molar-refractivity contribution in [1.29, 1.82) is 0 Å². The Morgan fingerprint density at radius 1 is 1.64 bits per heavy atom. The zero-order valence-electron chi connectivity index (χ0n) is 5.86. The third-order valence-corrected chi connectivity index (χ3v) is 1.43. The van der Waals surface area contributed by atoms with Crippen LogP contribution in [0.4, 0.5) is 4.79 Å². The Kier molecular flexibility index (Phi) is 4.17. The maximum atomic E-state index is 10.3. The first kappa shape index (κ1) is 10.5. The van der Waals surface area contributed by atoms with Gasteiger partial charge in [0.15, 0.2) is 0 Å². The van der Waals surface area contributed by atoms with Crippen LogP contribution in [0.15, 0.2) is 0 Å². The molecule has 0 spiro atoms. The third-order valence-electron chi connectivity index (χ3n) is 1.43. The molecule has 1 aliphatic heterocycles. The molecule has 5 nitrogen and oxygen atoms in total. The molecule has 1 fully saturated rings. The van der Waals surface area contributed by atoms with E-state index in [1.54, 1.807) is 0 Å². The quantitative estimate of drug-likeness (QED) is 0.464. The number of carboxylic acid groups (broad SMARTS) is 1. The fraction of sp³-hybridized carbons (Fsp3) is 0.800. The second-order valence-electron chi connectivity index (χ2n) is 2.20. The number of carbonyl (C=O) groups is 1. The molecule has 1 amide bonds. The molecular weight excluding hydrogens is 172 g/mol. The Labute approximate surface area is 70.4 Å². The standard InChI is InChI=1S/C5H10N2O3.ClH/c8-4-3-7(5(9)10)2-1-6-4;/h4,6,8H,1-3H2,(H,9,10);1H. The van der Waals surface area contributed by atoms with Crippen LogP contribution in [0.3, 0.4) is 0 Å². The van der Waals surface area contributed by atoms with E-state index in [0.717, 1.165) is 0 Å². The first-order valence-corrected chi connectivity index (χ1v) is 3.09. The summed E-state index contributed by atoms with van der Waals surface area (Å²) >= 11 is 0. The Morgan fingerprint density at radius 3 is 2.64 bits per heavy atom. The van der Waals surface area contributed by atoms with Crippen LogP contribution in [0.5, 0.6) is 0 Å². The predicted octanol–water partition coefficient (Wildman–Crippen LogP) is -0.690.